The van der Waals surface area contributed by atoms with Crippen molar-refractivity contribution in [2.45, 2.75) is 6.92 Å². The highest BCUT2D eigenvalue weighted by Crippen LogP contribution is 2.32. The van der Waals surface area contributed by atoms with Gasteiger partial charge in [0.05, 0.1) is 18.5 Å². The second-order valence-corrected chi connectivity index (χ2v) is 4.25. The third kappa shape index (κ3) is 2.84. The number of benzene rings is 2. The fourth-order valence-electron chi connectivity index (χ4n) is 1.93. The maximum absolute atomic E-state index is 13.9. The molecule has 2 aromatic rings. The number of hydrogen-bond donors (Lipinski definition) is 0. The number of halogens is 3. The minimum atomic E-state index is -1.62. The van der Waals surface area contributed by atoms with E-state index in [0.717, 1.165) is 17.0 Å². The lowest BCUT2D eigenvalue weighted by Gasteiger charge is -2.22. The summed E-state index contributed by atoms with van der Waals surface area (Å²) in [7, 11) is 1.44. The van der Waals surface area contributed by atoms with Gasteiger partial charge in [0.25, 0.3) is 0 Å². The monoisotopic (exact) mass is 295 g/mol. The highest BCUT2D eigenvalue weighted by Gasteiger charge is 2.22. The molecule has 0 atom stereocenters. The molecule has 0 bridgehead atoms. The highest BCUT2D eigenvalue weighted by molar-refractivity contribution is 5.99. The SMILES string of the molecule is COc1cccc(N(C(C)=O)c2ccc(F)c(F)c2F)c1. The Morgan fingerprint density at radius 2 is 1.81 bits per heavy atom. The lowest BCUT2D eigenvalue weighted by atomic mass is 10.2. The summed E-state index contributed by atoms with van der Waals surface area (Å²) in [4.78, 5) is 12.7. The van der Waals surface area contributed by atoms with Crippen LogP contribution in [0.4, 0.5) is 24.5 Å². The van der Waals surface area contributed by atoms with Gasteiger partial charge in [-0.1, -0.05) is 6.07 Å². The van der Waals surface area contributed by atoms with E-state index in [9.17, 15) is 18.0 Å². The molecule has 0 aliphatic rings. The molecule has 0 aliphatic heterocycles. The van der Waals surface area contributed by atoms with Crippen molar-refractivity contribution in [2.75, 3.05) is 12.0 Å². The third-order valence-corrected chi connectivity index (χ3v) is 2.88. The summed E-state index contributed by atoms with van der Waals surface area (Å²) in [5, 5.41) is 0. The van der Waals surface area contributed by atoms with Gasteiger partial charge in [0.2, 0.25) is 5.91 Å². The molecule has 0 saturated heterocycles. The molecule has 2 aromatic carbocycles. The summed E-state index contributed by atoms with van der Waals surface area (Å²) in [6.07, 6.45) is 0. The first-order chi connectivity index (χ1) is 9.95. The molecule has 0 aliphatic carbocycles. The molecule has 6 heteroatoms. The van der Waals surface area contributed by atoms with Crippen LogP contribution in [0.15, 0.2) is 36.4 Å². The van der Waals surface area contributed by atoms with Crippen molar-refractivity contribution < 1.29 is 22.7 Å². The van der Waals surface area contributed by atoms with Gasteiger partial charge in [-0.3, -0.25) is 9.69 Å². The van der Waals surface area contributed by atoms with Crippen molar-refractivity contribution in [1.29, 1.82) is 0 Å². The van der Waals surface area contributed by atoms with Gasteiger partial charge in [-0.25, -0.2) is 13.2 Å². The smallest absolute Gasteiger partial charge is 0.228 e. The number of rotatable bonds is 3. The first kappa shape index (κ1) is 14.9. The van der Waals surface area contributed by atoms with Crippen LogP contribution in [-0.4, -0.2) is 13.0 Å². The van der Waals surface area contributed by atoms with Crippen LogP contribution in [-0.2, 0) is 4.79 Å². The van der Waals surface area contributed by atoms with Crippen LogP contribution in [0.5, 0.6) is 5.75 Å². The number of hydrogen-bond acceptors (Lipinski definition) is 2. The summed E-state index contributed by atoms with van der Waals surface area (Å²) in [6.45, 7) is 1.19. The van der Waals surface area contributed by atoms with Crippen LogP contribution in [0.1, 0.15) is 6.92 Å². The Labute approximate surface area is 119 Å². The first-order valence-electron chi connectivity index (χ1n) is 6.04. The molecule has 0 heterocycles. The molecular weight excluding hydrogens is 283 g/mol. The second kappa shape index (κ2) is 5.87. The van der Waals surface area contributed by atoms with Gasteiger partial charge in [-0.2, -0.15) is 0 Å². The zero-order chi connectivity index (χ0) is 15.6. The Bertz CT molecular complexity index is 689. The van der Waals surface area contributed by atoms with Gasteiger partial charge in [-0.15, -0.1) is 0 Å². The van der Waals surface area contributed by atoms with E-state index in [-0.39, 0.29) is 11.4 Å². The highest BCUT2D eigenvalue weighted by atomic mass is 19.2. The number of nitrogens with zero attached hydrogens (tertiary/aromatic N) is 1. The maximum atomic E-state index is 13.9. The van der Waals surface area contributed by atoms with Gasteiger partial charge < -0.3 is 4.74 Å². The minimum Gasteiger partial charge on any atom is -0.497 e. The summed E-state index contributed by atoms with van der Waals surface area (Å²) in [6, 6.07) is 8.04. The number of carbonyl (C=O) groups is 1. The summed E-state index contributed by atoms with van der Waals surface area (Å²) in [5.74, 6) is -4.46. The van der Waals surface area contributed by atoms with Crippen molar-refractivity contribution in [3.8, 4) is 5.75 Å². The molecule has 0 radical (unpaired) electrons. The predicted molar refractivity (Wildman–Crippen MR) is 72.1 cm³/mol. The number of amides is 1. The molecule has 110 valence electrons. The summed E-state index contributed by atoms with van der Waals surface area (Å²) in [5.41, 5.74) is -0.0820. The normalized spacial score (nSPS) is 10.3. The van der Waals surface area contributed by atoms with Gasteiger partial charge in [0, 0.05) is 13.0 Å². The van der Waals surface area contributed by atoms with Crippen molar-refractivity contribution in [3.63, 3.8) is 0 Å². The van der Waals surface area contributed by atoms with Gasteiger partial charge >= 0.3 is 0 Å². The number of anilines is 2. The van der Waals surface area contributed by atoms with Gasteiger partial charge in [0.15, 0.2) is 17.5 Å². The van der Waals surface area contributed by atoms with Crippen LogP contribution in [0.25, 0.3) is 0 Å². The molecule has 0 unspecified atom stereocenters. The molecule has 2 rings (SSSR count). The lowest BCUT2D eigenvalue weighted by Crippen LogP contribution is -2.24. The van der Waals surface area contributed by atoms with E-state index in [4.69, 9.17) is 4.74 Å². The Kier molecular flexibility index (Phi) is 4.16. The Hall–Kier alpha value is -2.50. The van der Waals surface area contributed by atoms with Crippen LogP contribution in [0, 0.1) is 17.5 Å². The molecule has 1 amide bonds. The zero-order valence-electron chi connectivity index (χ0n) is 11.4. The molecule has 0 fully saturated rings. The van der Waals surface area contributed by atoms with Crippen molar-refractivity contribution in [3.05, 3.63) is 53.8 Å². The molecule has 3 nitrogen and oxygen atoms in total. The second-order valence-electron chi connectivity index (χ2n) is 4.25. The number of ether oxygens (including phenoxy) is 1. The Balaban J connectivity index is 2.59. The average molecular weight is 295 g/mol. The van der Waals surface area contributed by atoms with Crippen molar-refractivity contribution in [1.82, 2.24) is 0 Å². The zero-order valence-corrected chi connectivity index (χ0v) is 11.4. The lowest BCUT2D eigenvalue weighted by molar-refractivity contribution is -0.115. The molecule has 0 saturated carbocycles. The van der Waals surface area contributed by atoms with E-state index in [1.54, 1.807) is 12.1 Å². The first-order valence-corrected chi connectivity index (χ1v) is 6.04. The van der Waals surface area contributed by atoms with Crippen LogP contribution < -0.4 is 9.64 Å². The Morgan fingerprint density at radius 1 is 1.10 bits per heavy atom. The number of carbonyl (C=O) groups excluding carboxylic acids is 1. The molecule has 0 aromatic heterocycles. The van der Waals surface area contributed by atoms with E-state index in [1.807, 2.05) is 0 Å². The average Bonchev–Trinajstić information content (AvgIpc) is 2.47. The predicted octanol–water partition coefficient (Wildman–Crippen LogP) is 3.80. The topological polar surface area (TPSA) is 29.5 Å². The Morgan fingerprint density at radius 3 is 2.43 bits per heavy atom. The molecular formula is C15H12F3NO2. The van der Waals surface area contributed by atoms with Crippen molar-refractivity contribution in [2.24, 2.45) is 0 Å². The fraction of sp³-hybridized carbons (Fsp3) is 0.133. The number of methoxy groups -OCH3 is 1. The van der Waals surface area contributed by atoms with Crippen LogP contribution >= 0.6 is 0 Å². The van der Waals surface area contributed by atoms with E-state index in [2.05, 4.69) is 0 Å². The van der Waals surface area contributed by atoms with Crippen molar-refractivity contribution >= 4 is 17.3 Å². The maximum Gasteiger partial charge on any atom is 0.228 e. The summed E-state index contributed by atoms with van der Waals surface area (Å²) >= 11 is 0. The largest absolute Gasteiger partial charge is 0.497 e. The van der Waals surface area contributed by atoms with E-state index < -0.39 is 23.4 Å². The molecule has 0 N–H and O–H groups in total. The molecule has 0 spiro atoms. The van der Waals surface area contributed by atoms with E-state index in [0.29, 0.717) is 5.75 Å². The van der Waals surface area contributed by atoms with E-state index >= 15 is 0 Å². The third-order valence-electron chi connectivity index (χ3n) is 2.88. The quantitative estimate of drug-likeness (QED) is 0.806. The standard InChI is InChI=1S/C15H12F3NO2/c1-9(20)19(10-4-3-5-11(8-10)21-2)13-7-6-12(16)14(17)15(13)18/h3-8H,1-2H3. The minimum absolute atomic E-state index is 0.284. The molecule has 21 heavy (non-hydrogen) atoms. The van der Waals surface area contributed by atoms with Crippen LogP contribution in [0.3, 0.4) is 0 Å². The van der Waals surface area contributed by atoms with Gasteiger partial charge in [0.1, 0.15) is 5.75 Å². The fourth-order valence-corrected chi connectivity index (χ4v) is 1.93. The summed E-state index contributed by atoms with van der Waals surface area (Å²) < 4.78 is 45.3. The van der Waals surface area contributed by atoms with Gasteiger partial charge in [-0.05, 0) is 24.3 Å². The van der Waals surface area contributed by atoms with E-state index in [1.165, 1.54) is 26.2 Å². The van der Waals surface area contributed by atoms with Crippen LogP contribution in [0.2, 0.25) is 0 Å².